The Hall–Kier alpha value is -1.71. The number of allylic oxidation sites excluding steroid dienone is 1. The smallest absolute Gasteiger partial charge is 0.154 e. The summed E-state index contributed by atoms with van der Waals surface area (Å²) in [6.45, 7) is 15.5. The molecule has 0 unspecified atom stereocenters. The van der Waals surface area contributed by atoms with Crippen molar-refractivity contribution in [3.05, 3.63) is 53.1 Å². The van der Waals surface area contributed by atoms with E-state index in [9.17, 15) is 4.79 Å². The molecule has 0 N–H and O–H groups in total. The first-order chi connectivity index (χ1) is 13.6. The van der Waals surface area contributed by atoms with Crippen LogP contribution in [0.25, 0.3) is 6.08 Å². The van der Waals surface area contributed by atoms with Gasteiger partial charge in [0.15, 0.2) is 6.29 Å². The zero-order chi connectivity index (χ0) is 20.9. The molecule has 0 atom stereocenters. The SMILES string of the molecule is C=C.CCCC1=Cc2ccc3c(c2CC1)CCC(=O)C3.CCOC(C)OCC. The highest BCUT2D eigenvalue weighted by Crippen LogP contribution is 2.33. The summed E-state index contributed by atoms with van der Waals surface area (Å²) in [5.41, 5.74) is 7.31. The van der Waals surface area contributed by atoms with Gasteiger partial charge in [-0.2, -0.15) is 0 Å². The molecule has 1 aromatic carbocycles. The fourth-order valence-corrected chi connectivity index (χ4v) is 3.85. The van der Waals surface area contributed by atoms with Crippen molar-refractivity contribution in [2.24, 2.45) is 0 Å². The summed E-state index contributed by atoms with van der Waals surface area (Å²) in [5.74, 6) is 0.403. The van der Waals surface area contributed by atoms with Gasteiger partial charge in [-0.05, 0) is 68.7 Å². The molecule has 0 aliphatic heterocycles. The Kier molecular flexibility index (Phi) is 11.7. The Bertz CT molecular complexity index is 639. The van der Waals surface area contributed by atoms with Gasteiger partial charge in [0.1, 0.15) is 5.78 Å². The van der Waals surface area contributed by atoms with Crippen LogP contribution >= 0.6 is 0 Å². The van der Waals surface area contributed by atoms with E-state index in [2.05, 4.69) is 38.3 Å². The molecule has 3 heteroatoms. The first-order valence-corrected chi connectivity index (χ1v) is 10.7. The lowest BCUT2D eigenvalue weighted by molar-refractivity contribution is -0.123. The van der Waals surface area contributed by atoms with Crippen molar-refractivity contribution in [2.75, 3.05) is 13.2 Å². The fourth-order valence-electron chi connectivity index (χ4n) is 3.85. The second-order valence-electron chi connectivity index (χ2n) is 7.02. The summed E-state index contributed by atoms with van der Waals surface area (Å²) in [7, 11) is 0. The van der Waals surface area contributed by atoms with Gasteiger partial charge in [0.05, 0.1) is 0 Å². The second kappa shape index (κ2) is 13.5. The lowest BCUT2D eigenvalue weighted by Gasteiger charge is -2.24. The molecule has 3 nitrogen and oxygen atoms in total. The average Bonchev–Trinajstić information content (AvgIpc) is 2.70. The van der Waals surface area contributed by atoms with Gasteiger partial charge in [0.2, 0.25) is 0 Å². The van der Waals surface area contributed by atoms with Crippen molar-refractivity contribution in [1.82, 2.24) is 0 Å². The van der Waals surface area contributed by atoms with E-state index in [4.69, 9.17) is 9.47 Å². The van der Waals surface area contributed by atoms with E-state index in [1.165, 1.54) is 47.9 Å². The molecule has 0 spiro atoms. The summed E-state index contributed by atoms with van der Waals surface area (Å²) in [5, 5.41) is 0. The topological polar surface area (TPSA) is 35.5 Å². The molecular formula is C25H38O3. The number of rotatable bonds is 6. The molecular weight excluding hydrogens is 348 g/mol. The lowest BCUT2D eigenvalue weighted by Crippen LogP contribution is -2.17. The molecule has 0 aromatic heterocycles. The normalized spacial score (nSPS) is 14.8. The van der Waals surface area contributed by atoms with E-state index in [1.54, 1.807) is 5.57 Å². The third-order valence-corrected chi connectivity index (χ3v) is 5.04. The van der Waals surface area contributed by atoms with Crippen molar-refractivity contribution in [3.8, 4) is 0 Å². The van der Waals surface area contributed by atoms with Gasteiger partial charge in [-0.15, -0.1) is 13.2 Å². The van der Waals surface area contributed by atoms with Crippen LogP contribution in [0.2, 0.25) is 0 Å². The van der Waals surface area contributed by atoms with E-state index in [0.29, 0.717) is 12.2 Å². The van der Waals surface area contributed by atoms with Crippen molar-refractivity contribution < 1.29 is 14.3 Å². The van der Waals surface area contributed by atoms with Crippen LogP contribution in [0.4, 0.5) is 0 Å². The number of Topliss-reactive ketones (excluding diaryl/α,β-unsaturated/α-hetero) is 1. The Morgan fingerprint density at radius 1 is 0.964 bits per heavy atom. The Morgan fingerprint density at radius 3 is 2.21 bits per heavy atom. The lowest BCUT2D eigenvalue weighted by atomic mass is 9.80. The molecule has 0 radical (unpaired) electrons. The third-order valence-electron chi connectivity index (χ3n) is 5.04. The zero-order valence-electron chi connectivity index (χ0n) is 18.3. The monoisotopic (exact) mass is 386 g/mol. The summed E-state index contributed by atoms with van der Waals surface area (Å²) in [6, 6.07) is 4.40. The number of ether oxygens (including phenoxy) is 2. The minimum absolute atomic E-state index is 0.0370. The quantitative estimate of drug-likeness (QED) is 0.439. The van der Waals surface area contributed by atoms with E-state index < -0.39 is 0 Å². The fraction of sp³-hybridized carbons (Fsp3) is 0.560. The third kappa shape index (κ3) is 7.37. The number of carbonyl (C=O) groups excluding carboxylic acids is 1. The highest BCUT2D eigenvalue weighted by atomic mass is 16.7. The van der Waals surface area contributed by atoms with Gasteiger partial charge >= 0.3 is 0 Å². The van der Waals surface area contributed by atoms with Crippen LogP contribution in [0.3, 0.4) is 0 Å². The van der Waals surface area contributed by atoms with Gasteiger partial charge in [0, 0.05) is 26.1 Å². The van der Waals surface area contributed by atoms with Crippen LogP contribution in [0.5, 0.6) is 0 Å². The van der Waals surface area contributed by atoms with Gasteiger partial charge in [-0.1, -0.05) is 37.1 Å². The highest BCUT2D eigenvalue weighted by molar-refractivity contribution is 5.84. The number of benzene rings is 1. The molecule has 3 rings (SSSR count). The largest absolute Gasteiger partial charge is 0.353 e. The van der Waals surface area contributed by atoms with E-state index >= 15 is 0 Å². The van der Waals surface area contributed by atoms with Crippen molar-refractivity contribution >= 4 is 11.9 Å². The number of carbonyl (C=O) groups is 1. The predicted octanol–water partition coefficient (Wildman–Crippen LogP) is 6.08. The minimum Gasteiger partial charge on any atom is -0.353 e. The summed E-state index contributed by atoms with van der Waals surface area (Å²) in [4.78, 5) is 11.5. The molecule has 0 amide bonds. The molecule has 0 bridgehead atoms. The molecule has 1 aromatic rings. The predicted molar refractivity (Wildman–Crippen MR) is 119 cm³/mol. The molecule has 0 fully saturated rings. The first kappa shape index (κ1) is 24.3. The van der Waals surface area contributed by atoms with Crippen molar-refractivity contribution in [3.63, 3.8) is 0 Å². The van der Waals surface area contributed by atoms with Crippen LogP contribution in [0, 0.1) is 0 Å². The number of hydrogen-bond donors (Lipinski definition) is 0. The molecule has 0 saturated heterocycles. The van der Waals surface area contributed by atoms with Crippen LogP contribution in [0.1, 0.15) is 75.6 Å². The van der Waals surface area contributed by atoms with Gasteiger partial charge in [-0.25, -0.2) is 0 Å². The van der Waals surface area contributed by atoms with Gasteiger partial charge < -0.3 is 9.47 Å². The molecule has 0 saturated carbocycles. The zero-order valence-corrected chi connectivity index (χ0v) is 18.3. The number of hydrogen-bond acceptors (Lipinski definition) is 3. The molecule has 2 aliphatic carbocycles. The summed E-state index contributed by atoms with van der Waals surface area (Å²) in [6.07, 6.45) is 9.58. The van der Waals surface area contributed by atoms with Crippen molar-refractivity contribution in [2.45, 2.75) is 78.9 Å². The molecule has 0 heterocycles. The van der Waals surface area contributed by atoms with E-state index in [0.717, 1.165) is 26.1 Å². The minimum atomic E-state index is -0.0370. The molecule has 156 valence electrons. The van der Waals surface area contributed by atoms with Crippen LogP contribution < -0.4 is 0 Å². The highest BCUT2D eigenvalue weighted by Gasteiger charge is 2.21. The average molecular weight is 387 g/mol. The summed E-state index contributed by atoms with van der Waals surface area (Å²) >= 11 is 0. The van der Waals surface area contributed by atoms with Crippen LogP contribution in [0.15, 0.2) is 30.9 Å². The maximum atomic E-state index is 11.5. The maximum Gasteiger partial charge on any atom is 0.154 e. The Morgan fingerprint density at radius 2 is 1.61 bits per heavy atom. The van der Waals surface area contributed by atoms with Crippen LogP contribution in [-0.4, -0.2) is 25.3 Å². The Labute approximate surface area is 171 Å². The maximum absolute atomic E-state index is 11.5. The first-order valence-electron chi connectivity index (χ1n) is 10.7. The van der Waals surface area contributed by atoms with E-state index in [1.807, 2.05) is 20.8 Å². The standard InChI is InChI=1S/C17H20O.C6H14O2.C2H4/c1-2-3-12-4-8-16-13(10-12)5-6-14-11-15(18)7-9-17(14)16;1-4-7-6(3)8-5-2;1-2/h5-6,10H,2-4,7-9,11H2,1H3;6H,4-5H2,1-3H3;1-2H2. The molecule has 28 heavy (non-hydrogen) atoms. The second-order valence-corrected chi connectivity index (χ2v) is 7.02. The number of fused-ring (bicyclic) bond motifs is 3. The van der Waals surface area contributed by atoms with Gasteiger partial charge in [-0.3, -0.25) is 4.79 Å². The van der Waals surface area contributed by atoms with E-state index in [-0.39, 0.29) is 6.29 Å². The number of ketones is 1. The van der Waals surface area contributed by atoms with Crippen molar-refractivity contribution in [1.29, 1.82) is 0 Å². The Balaban J connectivity index is 0.000000334. The van der Waals surface area contributed by atoms with Crippen LogP contribution in [-0.2, 0) is 33.5 Å². The molecule has 2 aliphatic rings. The van der Waals surface area contributed by atoms with Gasteiger partial charge in [0.25, 0.3) is 0 Å². The summed E-state index contributed by atoms with van der Waals surface area (Å²) < 4.78 is 10.1.